The summed E-state index contributed by atoms with van der Waals surface area (Å²) >= 11 is 6.23. The Morgan fingerprint density at radius 1 is 1.23 bits per heavy atom. The van der Waals surface area contributed by atoms with E-state index >= 15 is 0 Å². The van der Waals surface area contributed by atoms with Crippen LogP contribution in [-0.4, -0.2) is 38.7 Å². The molecule has 0 bridgehead atoms. The van der Waals surface area contributed by atoms with Crippen molar-refractivity contribution in [1.82, 2.24) is 25.1 Å². The summed E-state index contributed by atoms with van der Waals surface area (Å²) in [5.41, 5.74) is 3.29. The van der Waals surface area contributed by atoms with E-state index in [1.807, 2.05) is 16.8 Å². The number of aromatic nitrogens is 4. The first-order valence-electron chi connectivity index (χ1n) is 8.96. The summed E-state index contributed by atoms with van der Waals surface area (Å²) in [6.07, 6.45) is 0.967. The van der Waals surface area contributed by atoms with Gasteiger partial charge in [-0.3, -0.25) is 4.90 Å². The minimum atomic E-state index is -0.195. The van der Waals surface area contributed by atoms with Crippen LogP contribution < -0.4 is 0 Å². The Morgan fingerprint density at radius 3 is 2.58 bits per heavy atom. The summed E-state index contributed by atoms with van der Waals surface area (Å²) in [7, 11) is 2.09. The minimum absolute atomic E-state index is 0.0259. The molecule has 0 saturated heterocycles. The van der Waals surface area contributed by atoms with Crippen LogP contribution in [-0.2, 0) is 5.54 Å². The molecular weight excluding hydrogens is 346 g/mol. The van der Waals surface area contributed by atoms with Crippen LogP contribution in [0.4, 0.5) is 0 Å². The molecule has 0 saturated carbocycles. The van der Waals surface area contributed by atoms with E-state index in [0.29, 0.717) is 0 Å². The molecule has 5 nitrogen and oxygen atoms in total. The molecule has 0 N–H and O–H groups in total. The van der Waals surface area contributed by atoms with Crippen LogP contribution in [0.2, 0.25) is 5.02 Å². The lowest BCUT2D eigenvalue weighted by Gasteiger charge is -2.38. The SMILES string of the molecule is C=C1CN(C)C(c2nnnn2C(C)(C)CC(C)(C)C)c2ccc(Cl)cc21. The van der Waals surface area contributed by atoms with Crippen molar-refractivity contribution in [3.63, 3.8) is 0 Å². The Balaban J connectivity index is 2.10. The summed E-state index contributed by atoms with van der Waals surface area (Å²) < 4.78 is 1.99. The second-order valence-corrected chi connectivity index (χ2v) is 9.59. The van der Waals surface area contributed by atoms with Gasteiger partial charge in [0.25, 0.3) is 0 Å². The van der Waals surface area contributed by atoms with Crippen molar-refractivity contribution in [2.75, 3.05) is 13.6 Å². The van der Waals surface area contributed by atoms with Gasteiger partial charge in [0, 0.05) is 11.6 Å². The van der Waals surface area contributed by atoms with Crippen LogP contribution >= 0.6 is 11.6 Å². The number of halogens is 1. The summed E-state index contributed by atoms with van der Waals surface area (Å²) in [6, 6.07) is 5.96. The molecule has 2 heterocycles. The minimum Gasteiger partial charge on any atom is -0.288 e. The third kappa shape index (κ3) is 3.55. The van der Waals surface area contributed by atoms with Gasteiger partial charge in [0.15, 0.2) is 5.82 Å². The van der Waals surface area contributed by atoms with Crippen molar-refractivity contribution < 1.29 is 0 Å². The zero-order valence-corrected chi connectivity index (χ0v) is 17.3. The van der Waals surface area contributed by atoms with Crippen LogP contribution in [0, 0.1) is 5.41 Å². The van der Waals surface area contributed by atoms with Crippen LogP contribution in [0.3, 0.4) is 0 Å². The van der Waals surface area contributed by atoms with Gasteiger partial charge in [-0.15, -0.1) is 5.10 Å². The fraction of sp³-hybridized carbons (Fsp3) is 0.550. The monoisotopic (exact) mass is 373 g/mol. The fourth-order valence-electron chi connectivity index (χ4n) is 4.29. The van der Waals surface area contributed by atoms with E-state index in [1.54, 1.807) is 0 Å². The zero-order chi connectivity index (χ0) is 19.3. The summed E-state index contributed by atoms with van der Waals surface area (Å²) in [6.45, 7) is 16.1. The molecule has 1 aromatic carbocycles. The molecule has 0 spiro atoms. The number of nitrogens with zero attached hydrogens (tertiary/aromatic N) is 5. The lowest BCUT2D eigenvalue weighted by Crippen LogP contribution is -2.39. The number of hydrogen-bond acceptors (Lipinski definition) is 4. The molecule has 1 aliphatic rings. The molecular formula is C20H28ClN5. The first-order chi connectivity index (χ1) is 12.0. The summed E-state index contributed by atoms with van der Waals surface area (Å²) in [5.74, 6) is 0.859. The third-order valence-corrected chi connectivity index (χ3v) is 5.08. The molecule has 140 valence electrons. The lowest BCUT2D eigenvalue weighted by atomic mass is 9.81. The molecule has 0 radical (unpaired) electrons. The van der Waals surface area contributed by atoms with Crippen LogP contribution in [0.1, 0.15) is 64.0 Å². The Kier molecular flexibility index (Phi) is 4.74. The maximum absolute atomic E-state index is 6.23. The van der Waals surface area contributed by atoms with Gasteiger partial charge in [-0.1, -0.05) is 45.0 Å². The van der Waals surface area contributed by atoms with Crippen molar-refractivity contribution in [2.24, 2.45) is 5.41 Å². The predicted octanol–water partition coefficient (Wildman–Crippen LogP) is 4.55. The zero-order valence-electron chi connectivity index (χ0n) is 16.5. The normalized spacial score (nSPS) is 18.9. The lowest BCUT2D eigenvalue weighted by molar-refractivity contribution is 0.178. The van der Waals surface area contributed by atoms with Gasteiger partial charge in [0.2, 0.25) is 0 Å². The highest BCUT2D eigenvalue weighted by molar-refractivity contribution is 6.30. The van der Waals surface area contributed by atoms with Crippen molar-refractivity contribution in [2.45, 2.75) is 52.6 Å². The van der Waals surface area contributed by atoms with Gasteiger partial charge >= 0.3 is 0 Å². The number of hydrogen-bond donors (Lipinski definition) is 0. The maximum atomic E-state index is 6.23. The Labute approximate surface area is 161 Å². The van der Waals surface area contributed by atoms with Crippen LogP contribution in [0.15, 0.2) is 24.8 Å². The first kappa shape index (κ1) is 19.1. The number of benzene rings is 1. The molecule has 0 fully saturated rings. The van der Waals surface area contributed by atoms with Gasteiger partial charge in [-0.2, -0.15) is 0 Å². The van der Waals surface area contributed by atoms with Gasteiger partial charge in [0.05, 0.1) is 11.6 Å². The number of likely N-dealkylation sites (N-methyl/N-ethyl adjacent to an activating group) is 1. The van der Waals surface area contributed by atoms with Gasteiger partial charge < -0.3 is 0 Å². The first-order valence-corrected chi connectivity index (χ1v) is 9.34. The largest absolute Gasteiger partial charge is 0.288 e. The van der Waals surface area contributed by atoms with Gasteiger partial charge in [0.1, 0.15) is 0 Å². The van der Waals surface area contributed by atoms with Crippen LogP contribution in [0.25, 0.3) is 5.57 Å². The van der Waals surface area contributed by atoms with Crippen molar-refractivity contribution in [1.29, 1.82) is 0 Å². The smallest absolute Gasteiger partial charge is 0.173 e. The average Bonchev–Trinajstić information content (AvgIpc) is 2.95. The second-order valence-electron chi connectivity index (χ2n) is 9.15. The van der Waals surface area contributed by atoms with Gasteiger partial charge in [-0.05, 0) is 72.0 Å². The van der Waals surface area contributed by atoms with E-state index < -0.39 is 0 Å². The van der Waals surface area contributed by atoms with Gasteiger partial charge in [-0.25, -0.2) is 4.68 Å². The highest BCUT2D eigenvalue weighted by Crippen LogP contribution is 2.40. The Hall–Kier alpha value is -1.72. The highest BCUT2D eigenvalue weighted by Gasteiger charge is 2.37. The molecule has 2 aromatic rings. The van der Waals surface area contributed by atoms with Crippen molar-refractivity contribution in [3.05, 3.63) is 46.8 Å². The fourth-order valence-corrected chi connectivity index (χ4v) is 4.46. The molecule has 1 aromatic heterocycles. The van der Waals surface area contributed by atoms with Crippen LogP contribution in [0.5, 0.6) is 0 Å². The summed E-state index contributed by atoms with van der Waals surface area (Å²) in [4.78, 5) is 2.24. The number of tetrazole rings is 1. The maximum Gasteiger partial charge on any atom is 0.173 e. The average molecular weight is 374 g/mol. The van der Waals surface area contributed by atoms with E-state index in [2.05, 4.69) is 74.7 Å². The van der Waals surface area contributed by atoms with E-state index in [9.17, 15) is 0 Å². The third-order valence-electron chi connectivity index (χ3n) is 4.85. The molecule has 26 heavy (non-hydrogen) atoms. The number of fused-ring (bicyclic) bond motifs is 1. The van der Waals surface area contributed by atoms with E-state index in [4.69, 9.17) is 11.6 Å². The quantitative estimate of drug-likeness (QED) is 0.792. The number of rotatable bonds is 3. The summed E-state index contributed by atoms with van der Waals surface area (Å²) in [5, 5.41) is 13.6. The molecule has 3 rings (SSSR count). The van der Waals surface area contributed by atoms with E-state index in [0.717, 1.165) is 40.5 Å². The van der Waals surface area contributed by atoms with E-state index in [-0.39, 0.29) is 17.0 Å². The molecule has 1 aliphatic heterocycles. The molecule has 0 amide bonds. The Morgan fingerprint density at radius 2 is 1.92 bits per heavy atom. The van der Waals surface area contributed by atoms with E-state index in [1.165, 1.54) is 0 Å². The Bertz CT molecular complexity index is 831. The molecule has 1 unspecified atom stereocenters. The highest BCUT2D eigenvalue weighted by atomic mass is 35.5. The van der Waals surface area contributed by atoms with Crippen molar-refractivity contribution in [3.8, 4) is 0 Å². The predicted molar refractivity (Wildman–Crippen MR) is 106 cm³/mol. The molecule has 1 atom stereocenters. The molecule has 6 heteroatoms. The topological polar surface area (TPSA) is 46.8 Å². The van der Waals surface area contributed by atoms with Crippen molar-refractivity contribution >= 4 is 17.2 Å². The second kappa shape index (κ2) is 6.46. The standard InChI is InChI=1S/C20H28ClN5/c1-13-11-25(7)17(15-9-8-14(21)10-16(13)15)18-22-23-24-26(18)20(5,6)12-19(2,3)4/h8-10,17H,1,11-12H2,2-7H3. The molecule has 0 aliphatic carbocycles.